The van der Waals surface area contributed by atoms with Crippen molar-refractivity contribution in [3.63, 3.8) is 0 Å². The van der Waals surface area contributed by atoms with E-state index in [-0.39, 0.29) is 23.7 Å². The van der Waals surface area contributed by atoms with Gasteiger partial charge in [0.2, 0.25) is 5.91 Å². The highest BCUT2D eigenvalue weighted by Gasteiger charge is 2.32. The molecule has 0 saturated heterocycles. The molecule has 1 fully saturated rings. The summed E-state index contributed by atoms with van der Waals surface area (Å²) in [4.78, 5) is 23.8. The Morgan fingerprint density at radius 2 is 2.04 bits per heavy atom. The number of carbonyl (C=O) groups excluding carboxylic acids is 2. The molecule has 0 aromatic heterocycles. The summed E-state index contributed by atoms with van der Waals surface area (Å²) >= 11 is 0. The number of hydroxylamine groups is 1. The second-order valence-corrected chi connectivity index (χ2v) is 5.80. The summed E-state index contributed by atoms with van der Waals surface area (Å²) in [5.41, 5.74) is 3.08. The molecule has 128 valence electrons. The van der Waals surface area contributed by atoms with Crippen molar-refractivity contribution in [2.75, 3.05) is 20.3 Å². The van der Waals surface area contributed by atoms with Crippen LogP contribution in [0.15, 0.2) is 24.3 Å². The smallest absolute Gasteiger partial charge is 0.251 e. The van der Waals surface area contributed by atoms with Crippen molar-refractivity contribution < 1.29 is 19.5 Å². The zero-order chi connectivity index (χ0) is 17.4. The molecule has 0 heterocycles. The fourth-order valence-corrected chi connectivity index (χ4v) is 2.95. The molecule has 6 nitrogen and oxygen atoms in total. The van der Waals surface area contributed by atoms with Crippen molar-refractivity contribution in [2.45, 2.75) is 19.3 Å². The molecule has 1 aromatic carbocycles. The van der Waals surface area contributed by atoms with Gasteiger partial charge in [0.1, 0.15) is 6.61 Å². The van der Waals surface area contributed by atoms with Crippen LogP contribution < -0.4 is 10.8 Å². The lowest BCUT2D eigenvalue weighted by Gasteiger charge is -2.18. The predicted octanol–water partition coefficient (Wildman–Crippen LogP) is 1.34. The SMILES string of the molecule is COCC#Cc1ccc(C(=O)NCC2CCCC2C(=O)NO)cc1. The third-order valence-electron chi connectivity index (χ3n) is 4.23. The van der Waals surface area contributed by atoms with E-state index in [9.17, 15) is 9.59 Å². The third-order valence-corrected chi connectivity index (χ3v) is 4.23. The van der Waals surface area contributed by atoms with Crippen molar-refractivity contribution in [1.82, 2.24) is 10.8 Å². The first-order valence-corrected chi connectivity index (χ1v) is 7.95. The maximum Gasteiger partial charge on any atom is 0.251 e. The molecule has 2 unspecified atom stereocenters. The second-order valence-electron chi connectivity index (χ2n) is 5.80. The van der Waals surface area contributed by atoms with Crippen LogP contribution in [0.4, 0.5) is 0 Å². The van der Waals surface area contributed by atoms with Crippen molar-refractivity contribution in [1.29, 1.82) is 0 Å². The first-order valence-electron chi connectivity index (χ1n) is 7.95. The van der Waals surface area contributed by atoms with Gasteiger partial charge in [0, 0.05) is 30.7 Å². The third kappa shape index (κ3) is 4.82. The van der Waals surface area contributed by atoms with Gasteiger partial charge < -0.3 is 10.1 Å². The topological polar surface area (TPSA) is 87.7 Å². The highest BCUT2D eigenvalue weighted by atomic mass is 16.5. The minimum absolute atomic E-state index is 0.0558. The minimum Gasteiger partial charge on any atom is -0.372 e. The molecule has 0 radical (unpaired) electrons. The standard InChI is InChI=1S/C18H22N2O4/c1-24-11-3-4-13-7-9-14(10-8-13)17(21)19-12-15-5-2-6-16(15)18(22)20-23/h7-10,15-16,23H,2,5-6,11-12H2,1H3,(H,19,21)(H,20,22). The molecule has 0 bridgehead atoms. The summed E-state index contributed by atoms with van der Waals surface area (Å²) in [6.07, 6.45) is 2.53. The van der Waals surface area contributed by atoms with Crippen molar-refractivity contribution >= 4 is 11.8 Å². The molecular weight excluding hydrogens is 308 g/mol. The van der Waals surface area contributed by atoms with Crippen LogP contribution in [0.3, 0.4) is 0 Å². The van der Waals surface area contributed by atoms with Crippen molar-refractivity contribution in [3.05, 3.63) is 35.4 Å². The van der Waals surface area contributed by atoms with Crippen LogP contribution in [0, 0.1) is 23.7 Å². The number of nitrogens with one attached hydrogen (secondary N) is 2. The van der Waals surface area contributed by atoms with Gasteiger partial charge in [0.25, 0.3) is 5.91 Å². The molecule has 3 N–H and O–H groups in total. The van der Waals surface area contributed by atoms with Crippen molar-refractivity contribution in [2.24, 2.45) is 11.8 Å². The number of benzene rings is 1. The molecular formula is C18H22N2O4. The summed E-state index contributed by atoms with van der Waals surface area (Å²) in [5.74, 6) is 5.06. The number of hydrogen-bond acceptors (Lipinski definition) is 4. The first-order chi connectivity index (χ1) is 11.7. The molecule has 0 aliphatic heterocycles. The zero-order valence-corrected chi connectivity index (χ0v) is 13.7. The van der Waals surface area contributed by atoms with E-state index in [1.54, 1.807) is 36.9 Å². The Morgan fingerprint density at radius 3 is 2.71 bits per heavy atom. The Bertz CT molecular complexity index is 631. The van der Waals surface area contributed by atoms with Crippen LogP contribution in [-0.4, -0.2) is 37.3 Å². The fraction of sp³-hybridized carbons (Fsp3) is 0.444. The maximum absolute atomic E-state index is 12.2. The number of hydrogen-bond donors (Lipinski definition) is 3. The molecule has 24 heavy (non-hydrogen) atoms. The summed E-state index contributed by atoms with van der Waals surface area (Å²) in [7, 11) is 1.58. The first kappa shape index (κ1) is 18.0. The van der Waals surface area contributed by atoms with Gasteiger partial charge in [0.05, 0.1) is 0 Å². The van der Waals surface area contributed by atoms with E-state index >= 15 is 0 Å². The molecule has 1 aliphatic carbocycles. The highest BCUT2D eigenvalue weighted by molar-refractivity contribution is 5.94. The average molecular weight is 330 g/mol. The van der Waals surface area contributed by atoms with Crippen LogP contribution in [-0.2, 0) is 9.53 Å². The molecule has 1 aliphatic rings. The Hall–Kier alpha value is -2.36. The lowest BCUT2D eigenvalue weighted by molar-refractivity contribution is -0.134. The fourth-order valence-electron chi connectivity index (χ4n) is 2.95. The number of amides is 2. The van der Waals surface area contributed by atoms with E-state index in [0.29, 0.717) is 18.7 Å². The number of ether oxygens (including phenoxy) is 1. The highest BCUT2D eigenvalue weighted by Crippen LogP contribution is 2.31. The lowest BCUT2D eigenvalue weighted by atomic mass is 9.95. The Balaban J connectivity index is 1.88. The van der Waals surface area contributed by atoms with E-state index in [4.69, 9.17) is 9.94 Å². The van der Waals surface area contributed by atoms with Gasteiger partial charge in [-0.05, 0) is 43.0 Å². The van der Waals surface area contributed by atoms with Crippen molar-refractivity contribution in [3.8, 4) is 11.8 Å². The largest absolute Gasteiger partial charge is 0.372 e. The zero-order valence-electron chi connectivity index (χ0n) is 13.7. The van der Waals surface area contributed by atoms with Crippen LogP contribution >= 0.6 is 0 Å². The Kier molecular flexibility index (Phi) is 6.79. The van der Waals surface area contributed by atoms with Gasteiger partial charge in [-0.3, -0.25) is 14.8 Å². The predicted molar refractivity (Wildman–Crippen MR) is 88.3 cm³/mol. The molecule has 2 rings (SSSR count). The number of carbonyl (C=O) groups is 2. The van der Waals surface area contributed by atoms with Gasteiger partial charge >= 0.3 is 0 Å². The lowest BCUT2D eigenvalue weighted by Crippen LogP contribution is -2.36. The van der Waals surface area contributed by atoms with Crippen LogP contribution in [0.2, 0.25) is 0 Å². The van der Waals surface area contributed by atoms with E-state index in [2.05, 4.69) is 17.2 Å². The molecule has 1 aromatic rings. The molecule has 2 amide bonds. The van der Waals surface area contributed by atoms with Crippen LogP contribution in [0.1, 0.15) is 35.2 Å². The van der Waals surface area contributed by atoms with Crippen LogP contribution in [0.5, 0.6) is 0 Å². The summed E-state index contributed by atoms with van der Waals surface area (Å²) in [6, 6.07) is 7.02. The molecule has 0 spiro atoms. The van der Waals surface area contributed by atoms with Crippen LogP contribution in [0.25, 0.3) is 0 Å². The van der Waals surface area contributed by atoms with Gasteiger partial charge in [-0.15, -0.1) is 0 Å². The van der Waals surface area contributed by atoms with E-state index in [1.165, 1.54) is 0 Å². The number of methoxy groups -OCH3 is 1. The van der Waals surface area contributed by atoms with Gasteiger partial charge in [-0.25, -0.2) is 5.48 Å². The van der Waals surface area contributed by atoms with E-state index < -0.39 is 0 Å². The summed E-state index contributed by atoms with van der Waals surface area (Å²) in [5, 5.41) is 11.6. The van der Waals surface area contributed by atoms with Gasteiger partial charge in [-0.2, -0.15) is 0 Å². The molecule has 2 atom stereocenters. The Morgan fingerprint density at radius 1 is 1.29 bits per heavy atom. The monoisotopic (exact) mass is 330 g/mol. The molecule has 1 saturated carbocycles. The van der Waals surface area contributed by atoms with E-state index in [0.717, 1.165) is 24.8 Å². The molecule has 6 heteroatoms. The summed E-state index contributed by atoms with van der Waals surface area (Å²) < 4.78 is 4.86. The van der Waals surface area contributed by atoms with E-state index in [1.807, 2.05) is 0 Å². The number of rotatable bonds is 5. The average Bonchev–Trinajstić information content (AvgIpc) is 3.08. The maximum atomic E-state index is 12.2. The normalized spacial score (nSPS) is 19.2. The second kappa shape index (κ2) is 9.06. The van der Waals surface area contributed by atoms with Gasteiger partial charge in [0.15, 0.2) is 0 Å². The summed E-state index contributed by atoms with van der Waals surface area (Å²) in [6.45, 7) is 0.790. The quantitative estimate of drug-likeness (QED) is 0.432. The Labute approximate surface area is 141 Å². The van der Waals surface area contributed by atoms with Gasteiger partial charge in [-0.1, -0.05) is 18.3 Å². The minimum atomic E-state index is -0.370.